The fourth-order valence-corrected chi connectivity index (χ4v) is 4.89. The van der Waals surface area contributed by atoms with Gasteiger partial charge in [0.05, 0.1) is 12.1 Å². The third kappa shape index (κ3) is 5.15. The molecule has 2 aliphatic rings. The number of carbonyl (C=O) groups is 1. The summed E-state index contributed by atoms with van der Waals surface area (Å²) in [6.45, 7) is 0. The highest BCUT2D eigenvalue weighted by Gasteiger charge is 2.31. The van der Waals surface area contributed by atoms with Gasteiger partial charge in [-0.3, -0.25) is 4.79 Å². The van der Waals surface area contributed by atoms with Crippen LogP contribution < -0.4 is 9.47 Å². The van der Waals surface area contributed by atoms with Crippen molar-refractivity contribution in [1.82, 2.24) is 20.1 Å². The number of carbonyl (C=O) groups excluding carboxylic acids is 1. The summed E-state index contributed by atoms with van der Waals surface area (Å²) in [5, 5.41) is 7.89. The molecule has 0 saturated heterocycles. The first-order chi connectivity index (χ1) is 15.4. The van der Waals surface area contributed by atoms with Gasteiger partial charge < -0.3 is 28.3 Å². The molecule has 2 fully saturated rings. The Morgan fingerprint density at radius 2 is 1.19 bits per heavy atom. The predicted octanol–water partition coefficient (Wildman–Crippen LogP) is 3.40. The lowest BCUT2D eigenvalue weighted by atomic mass is 9.92. The molecule has 4 unspecified atom stereocenters. The summed E-state index contributed by atoms with van der Waals surface area (Å²) in [6, 6.07) is 3.69. The van der Waals surface area contributed by atoms with E-state index in [1.807, 2.05) is 0 Å². The zero-order valence-corrected chi connectivity index (χ0v) is 19.5. The molecule has 0 N–H and O–H groups in total. The summed E-state index contributed by atoms with van der Waals surface area (Å²) in [4.78, 5) is 17.2. The van der Waals surface area contributed by atoms with Crippen molar-refractivity contribution < 1.29 is 23.3 Å². The molecule has 4 atom stereocenters. The van der Waals surface area contributed by atoms with Crippen LogP contribution in [0.2, 0.25) is 0 Å². The van der Waals surface area contributed by atoms with Crippen LogP contribution in [0.15, 0.2) is 21.2 Å². The van der Waals surface area contributed by atoms with E-state index in [4.69, 9.17) is 18.5 Å². The molecule has 2 aliphatic carbocycles. The minimum absolute atomic E-state index is 0.0252. The second-order valence-electron chi connectivity index (χ2n) is 9.33. The maximum atomic E-state index is 12.8. The molecule has 0 bridgehead atoms. The maximum absolute atomic E-state index is 12.8. The number of hydrogen-bond donors (Lipinski definition) is 0. The van der Waals surface area contributed by atoms with Gasteiger partial charge in [-0.2, -0.15) is 0 Å². The first-order valence-electron chi connectivity index (χ1n) is 11.6. The molecule has 9 heteroatoms. The van der Waals surface area contributed by atoms with Crippen molar-refractivity contribution in [2.24, 2.45) is 0 Å². The molecule has 0 aromatic carbocycles. The van der Waals surface area contributed by atoms with Gasteiger partial charge in [0.25, 0.3) is 17.5 Å². The first-order valence-corrected chi connectivity index (χ1v) is 11.6. The molecule has 2 heterocycles. The monoisotopic (exact) mass is 446 g/mol. The fraction of sp³-hybridized carbons (Fsp3) is 0.696. The quantitative estimate of drug-likeness (QED) is 0.566. The molecule has 32 heavy (non-hydrogen) atoms. The highest BCUT2D eigenvalue weighted by atomic mass is 16.6. The zero-order chi connectivity index (χ0) is 22.7. The van der Waals surface area contributed by atoms with E-state index >= 15 is 0 Å². The number of aromatic nitrogens is 2. The lowest BCUT2D eigenvalue weighted by Gasteiger charge is -2.35. The SMILES string of the molecule is CN(C)C1CCCCC1Oc1cc(C(=O)c2cc(OC3CCCCC3N(C)C)no2)on1. The Kier molecular flexibility index (Phi) is 7.15. The summed E-state index contributed by atoms with van der Waals surface area (Å²) in [5.41, 5.74) is 0. The Morgan fingerprint density at radius 3 is 1.59 bits per heavy atom. The lowest BCUT2D eigenvalue weighted by Crippen LogP contribution is -2.44. The number of nitrogens with zero attached hydrogens (tertiary/aromatic N) is 4. The molecule has 176 valence electrons. The summed E-state index contributed by atoms with van der Waals surface area (Å²) in [6.07, 6.45) is 8.75. The molecule has 2 saturated carbocycles. The van der Waals surface area contributed by atoms with Crippen LogP contribution in [0.4, 0.5) is 0 Å². The Labute approximate surface area is 189 Å². The number of ether oxygens (including phenoxy) is 2. The third-order valence-corrected chi connectivity index (χ3v) is 6.63. The maximum Gasteiger partial charge on any atom is 0.269 e. The van der Waals surface area contributed by atoms with Crippen molar-refractivity contribution in [1.29, 1.82) is 0 Å². The van der Waals surface area contributed by atoms with Crippen molar-refractivity contribution >= 4 is 5.78 Å². The van der Waals surface area contributed by atoms with Crippen LogP contribution in [0.3, 0.4) is 0 Å². The smallest absolute Gasteiger partial charge is 0.269 e. The van der Waals surface area contributed by atoms with Gasteiger partial charge in [0.1, 0.15) is 12.2 Å². The second kappa shape index (κ2) is 10.0. The molecule has 0 aliphatic heterocycles. The van der Waals surface area contributed by atoms with E-state index in [-0.39, 0.29) is 23.7 Å². The van der Waals surface area contributed by atoms with E-state index in [2.05, 4.69) is 48.3 Å². The van der Waals surface area contributed by atoms with E-state index in [1.165, 1.54) is 25.0 Å². The van der Waals surface area contributed by atoms with Crippen LogP contribution in [0, 0.1) is 0 Å². The normalized spacial score (nSPS) is 26.4. The fourth-order valence-electron chi connectivity index (χ4n) is 4.89. The van der Waals surface area contributed by atoms with Gasteiger partial charge in [-0.15, -0.1) is 0 Å². The van der Waals surface area contributed by atoms with E-state index in [0.717, 1.165) is 38.5 Å². The largest absolute Gasteiger partial charge is 0.471 e. The molecule has 0 amide bonds. The average Bonchev–Trinajstić information content (AvgIpc) is 3.44. The van der Waals surface area contributed by atoms with Crippen molar-refractivity contribution in [3.05, 3.63) is 23.7 Å². The zero-order valence-electron chi connectivity index (χ0n) is 19.5. The van der Waals surface area contributed by atoms with Crippen molar-refractivity contribution in [3.8, 4) is 11.8 Å². The minimum Gasteiger partial charge on any atom is -0.471 e. The van der Waals surface area contributed by atoms with Gasteiger partial charge in [0.15, 0.2) is 0 Å². The van der Waals surface area contributed by atoms with Gasteiger partial charge in [0, 0.05) is 12.1 Å². The van der Waals surface area contributed by atoms with Gasteiger partial charge in [-0.25, -0.2) is 0 Å². The number of hydrogen-bond acceptors (Lipinski definition) is 9. The summed E-state index contributed by atoms with van der Waals surface area (Å²) >= 11 is 0. The van der Waals surface area contributed by atoms with Crippen molar-refractivity contribution in [3.63, 3.8) is 0 Å². The lowest BCUT2D eigenvalue weighted by molar-refractivity contribution is 0.0561. The molecule has 2 aromatic heterocycles. The third-order valence-electron chi connectivity index (χ3n) is 6.63. The minimum atomic E-state index is -0.435. The number of rotatable bonds is 8. The standard InChI is InChI=1S/C23H34N4O5/c1-26(2)15-9-5-7-11-17(15)29-21-13-19(31-24-21)23(28)20-14-22(25-32-20)30-18-12-8-6-10-16(18)27(3)4/h13-18H,5-12H2,1-4H3. The Balaban J connectivity index is 1.39. The van der Waals surface area contributed by atoms with E-state index in [1.54, 1.807) is 0 Å². The molecular weight excluding hydrogens is 412 g/mol. The molecule has 0 spiro atoms. The van der Waals surface area contributed by atoms with Crippen LogP contribution in [-0.2, 0) is 0 Å². The highest BCUT2D eigenvalue weighted by molar-refractivity contribution is 6.05. The van der Waals surface area contributed by atoms with Gasteiger partial charge in [-0.05, 0) is 77.0 Å². The Bertz CT molecular complexity index is 822. The summed E-state index contributed by atoms with van der Waals surface area (Å²) in [5.74, 6) is 0.320. The number of likely N-dealkylation sites (N-methyl/N-ethyl adjacent to an activating group) is 2. The highest BCUT2D eigenvalue weighted by Crippen LogP contribution is 2.28. The summed E-state index contributed by atoms with van der Waals surface area (Å²) < 4.78 is 22.6. The molecule has 4 rings (SSSR count). The van der Waals surface area contributed by atoms with Gasteiger partial charge in [-0.1, -0.05) is 12.8 Å². The Morgan fingerprint density at radius 1 is 0.781 bits per heavy atom. The van der Waals surface area contributed by atoms with Crippen LogP contribution in [-0.4, -0.2) is 78.4 Å². The first kappa shape index (κ1) is 22.8. The summed E-state index contributed by atoms with van der Waals surface area (Å²) in [7, 11) is 8.23. The van der Waals surface area contributed by atoms with Gasteiger partial charge >= 0.3 is 0 Å². The number of ketones is 1. The second-order valence-corrected chi connectivity index (χ2v) is 9.33. The van der Waals surface area contributed by atoms with Crippen molar-refractivity contribution in [2.75, 3.05) is 28.2 Å². The average molecular weight is 447 g/mol. The van der Waals surface area contributed by atoms with Crippen molar-refractivity contribution in [2.45, 2.75) is 75.7 Å². The molecule has 0 radical (unpaired) electrons. The van der Waals surface area contributed by atoms with Crippen LogP contribution >= 0.6 is 0 Å². The molecular formula is C23H34N4O5. The molecule has 9 nitrogen and oxygen atoms in total. The predicted molar refractivity (Wildman–Crippen MR) is 117 cm³/mol. The van der Waals surface area contributed by atoms with Crippen LogP contribution in [0.25, 0.3) is 0 Å². The van der Waals surface area contributed by atoms with E-state index in [0.29, 0.717) is 23.8 Å². The molecule has 2 aromatic rings. The topological polar surface area (TPSA) is 94.1 Å². The van der Waals surface area contributed by atoms with Crippen LogP contribution in [0.5, 0.6) is 11.8 Å². The van der Waals surface area contributed by atoms with E-state index in [9.17, 15) is 4.79 Å². The Hall–Kier alpha value is -2.39. The van der Waals surface area contributed by atoms with E-state index < -0.39 is 5.78 Å². The van der Waals surface area contributed by atoms with Crippen LogP contribution in [0.1, 0.15) is 67.7 Å². The van der Waals surface area contributed by atoms with Gasteiger partial charge in [0.2, 0.25) is 11.5 Å².